The lowest BCUT2D eigenvalue weighted by molar-refractivity contribution is 0.691. The SMILES string of the molecule is CN=C(NCc1cc(Cl)c(Cl)n1C)NCC(C)c1ccccc1. The summed E-state index contributed by atoms with van der Waals surface area (Å²) in [5, 5.41) is 7.72. The van der Waals surface area contributed by atoms with Gasteiger partial charge in [-0.15, -0.1) is 0 Å². The third kappa shape index (κ3) is 4.66. The van der Waals surface area contributed by atoms with Gasteiger partial charge in [0, 0.05) is 26.3 Å². The highest BCUT2D eigenvalue weighted by Crippen LogP contribution is 2.24. The van der Waals surface area contributed by atoms with Gasteiger partial charge in [0.2, 0.25) is 0 Å². The number of aromatic nitrogens is 1. The van der Waals surface area contributed by atoms with Gasteiger partial charge in [-0.1, -0.05) is 60.5 Å². The molecule has 4 nitrogen and oxygen atoms in total. The van der Waals surface area contributed by atoms with Crippen molar-refractivity contribution in [2.75, 3.05) is 13.6 Å². The summed E-state index contributed by atoms with van der Waals surface area (Å²) in [6, 6.07) is 12.3. The predicted octanol–water partition coefficient (Wildman–Crippen LogP) is 3.80. The molecule has 1 aromatic heterocycles. The molecule has 2 aromatic rings. The minimum atomic E-state index is 0.397. The molecule has 0 aliphatic heterocycles. The molecule has 0 saturated carbocycles. The zero-order valence-corrected chi connectivity index (χ0v) is 15.1. The van der Waals surface area contributed by atoms with Gasteiger partial charge >= 0.3 is 0 Å². The molecule has 2 rings (SSSR count). The van der Waals surface area contributed by atoms with E-state index in [1.165, 1.54) is 5.56 Å². The number of benzene rings is 1. The van der Waals surface area contributed by atoms with Crippen LogP contribution in [0.5, 0.6) is 0 Å². The van der Waals surface area contributed by atoms with Crippen molar-refractivity contribution in [1.29, 1.82) is 0 Å². The van der Waals surface area contributed by atoms with Gasteiger partial charge in [-0.25, -0.2) is 0 Å². The van der Waals surface area contributed by atoms with Crippen LogP contribution in [0.4, 0.5) is 0 Å². The molecule has 0 radical (unpaired) electrons. The second-order valence-electron chi connectivity index (χ2n) is 5.45. The fourth-order valence-corrected chi connectivity index (χ4v) is 2.72. The maximum Gasteiger partial charge on any atom is 0.191 e. The van der Waals surface area contributed by atoms with Gasteiger partial charge in [0.1, 0.15) is 5.15 Å². The van der Waals surface area contributed by atoms with Crippen LogP contribution in [0.2, 0.25) is 10.2 Å². The fraction of sp³-hybridized carbons (Fsp3) is 0.353. The first-order valence-corrected chi connectivity index (χ1v) is 8.27. The van der Waals surface area contributed by atoms with E-state index in [9.17, 15) is 0 Å². The number of hydrogen-bond donors (Lipinski definition) is 2. The molecule has 1 heterocycles. The molecular formula is C17H22Cl2N4. The summed E-state index contributed by atoms with van der Waals surface area (Å²) in [7, 11) is 3.65. The molecule has 1 atom stereocenters. The topological polar surface area (TPSA) is 41.4 Å². The Morgan fingerprint density at radius 2 is 1.91 bits per heavy atom. The first-order chi connectivity index (χ1) is 11.0. The Labute approximate surface area is 147 Å². The van der Waals surface area contributed by atoms with Crippen LogP contribution in [0, 0.1) is 0 Å². The third-order valence-electron chi connectivity index (χ3n) is 3.82. The van der Waals surface area contributed by atoms with Crippen molar-refractivity contribution in [2.45, 2.75) is 19.4 Å². The predicted molar refractivity (Wildman–Crippen MR) is 98.5 cm³/mol. The van der Waals surface area contributed by atoms with E-state index in [0.29, 0.717) is 22.6 Å². The van der Waals surface area contributed by atoms with Crippen LogP contribution in [0.15, 0.2) is 41.4 Å². The molecule has 0 saturated heterocycles. The number of guanidine groups is 1. The highest BCUT2D eigenvalue weighted by atomic mass is 35.5. The second kappa shape index (κ2) is 8.27. The molecule has 2 N–H and O–H groups in total. The van der Waals surface area contributed by atoms with Crippen LogP contribution in [0.25, 0.3) is 0 Å². The molecule has 1 aromatic carbocycles. The molecule has 0 fully saturated rings. The van der Waals surface area contributed by atoms with E-state index in [2.05, 4.69) is 46.8 Å². The zero-order chi connectivity index (χ0) is 16.8. The zero-order valence-electron chi connectivity index (χ0n) is 13.6. The van der Waals surface area contributed by atoms with Crippen LogP contribution in [0.3, 0.4) is 0 Å². The van der Waals surface area contributed by atoms with Gasteiger partial charge in [-0.3, -0.25) is 4.99 Å². The number of nitrogens with zero attached hydrogens (tertiary/aromatic N) is 2. The summed E-state index contributed by atoms with van der Waals surface area (Å²) >= 11 is 12.1. The molecule has 6 heteroatoms. The first kappa shape index (κ1) is 17.7. The van der Waals surface area contributed by atoms with Crippen LogP contribution >= 0.6 is 23.2 Å². The van der Waals surface area contributed by atoms with Gasteiger partial charge in [0.15, 0.2) is 5.96 Å². The molecule has 0 spiro atoms. The smallest absolute Gasteiger partial charge is 0.191 e. The van der Waals surface area contributed by atoms with Crippen molar-refractivity contribution < 1.29 is 0 Å². The lowest BCUT2D eigenvalue weighted by atomic mass is 10.0. The Bertz CT molecular complexity index is 665. The van der Waals surface area contributed by atoms with Gasteiger partial charge in [-0.2, -0.15) is 0 Å². The largest absolute Gasteiger partial charge is 0.356 e. The minimum Gasteiger partial charge on any atom is -0.356 e. The van der Waals surface area contributed by atoms with Crippen LogP contribution in [-0.4, -0.2) is 24.1 Å². The summed E-state index contributed by atoms with van der Waals surface area (Å²) in [6.07, 6.45) is 0. The van der Waals surface area contributed by atoms with E-state index in [1.807, 2.05) is 23.7 Å². The molecular weight excluding hydrogens is 331 g/mol. The lowest BCUT2D eigenvalue weighted by Gasteiger charge is -2.16. The Balaban J connectivity index is 1.87. The summed E-state index contributed by atoms with van der Waals surface area (Å²) in [5.74, 6) is 1.15. The first-order valence-electron chi connectivity index (χ1n) is 7.52. The van der Waals surface area contributed by atoms with E-state index >= 15 is 0 Å². The van der Waals surface area contributed by atoms with Crippen molar-refractivity contribution in [3.8, 4) is 0 Å². The maximum absolute atomic E-state index is 6.08. The Morgan fingerprint density at radius 1 is 1.22 bits per heavy atom. The third-order valence-corrected chi connectivity index (χ3v) is 4.66. The molecule has 0 aliphatic rings. The van der Waals surface area contributed by atoms with E-state index in [0.717, 1.165) is 18.2 Å². The second-order valence-corrected chi connectivity index (χ2v) is 6.22. The van der Waals surface area contributed by atoms with Crippen molar-refractivity contribution in [2.24, 2.45) is 12.0 Å². The Hall–Kier alpha value is -1.65. The number of hydrogen-bond acceptors (Lipinski definition) is 1. The molecule has 0 aliphatic carbocycles. The summed E-state index contributed by atoms with van der Waals surface area (Å²) in [6.45, 7) is 3.59. The highest BCUT2D eigenvalue weighted by Gasteiger charge is 2.10. The van der Waals surface area contributed by atoms with E-state index in [4.69, 9.17) is 23.2 Å². The molecule has 23 heavy (non-hydrogen) atoms. The number of nitrogens with one attached hydrogen (secondary N) is 2. The van der Waals surface area contributed by atoms with Crippen molar-refractivity contribution in [1.82, 2.24) is 15.2 Å². The van der Waals surface area contributed by atoms with Crippen molar-refractivity contribution in [3.05, 3.63) is 57.8 Å². The number of aliphatic imine (C=N–C) groups is 1. The Kier molecular flexibility index (Phi) is 6.37. The standard InChI is InChI=1S/C17H22Cl2N4/c1-12(13-7-5-4-6-8-13)10-21-17(20-2)22-11-14-9-15(18)16(19)23(14)3/h4-9,12H,10-11H2,1-3H3,(H2,20,21,22). The van der Waals surface area contributed by atoms with Gasteiger partial charge in [0.05, 0.1) is 11.6 Å². The van der Waals surface area contributed by atoms with Gasteiger partial charge in [-0.05, 0) is 17.5 Å². The van der Waals surface area contributed by atoms with Crippen LogP contribution in [0.1, 0.15) is 24.1 Å². The number of halogens is 2. The number of rotatable bonds is 5. The van der Waals surface area contributed by atoms with Crippen LogP contribution in [-0.2, 0) is 13.6 Å². The van der Waals surface area contributed by atoms with Crippen molar-refractivity contribution >= 4 is 29.2 Å². The summed E-state index contributed by atoms with van der Waals surface area (Å²) < 4.78 is 1.86. The molecule has 124 valence electrons. The van der Waals surface area contributed by atoms with E-state index < -0.39 is 0 Å². The molecule has 1 unspecified atom stereocenters. The average molecular weight is 353 g/mol. The lowest BCUT2D eigenvalue weighted by Crippen LogP contribution is -2.38. The quantitative estimate of drug-likeness (QED) is 0.634. The van der Waals surface area contributed by atoms with Gasteiger partial charge in [0.25, 0.3) is 0 Å². The van der Waals surface area contributed by atoms with E-state index in [-0.39, 0.29) is 0 Å². The molecule has 0 amide bonds. The normalized spacial score (nSPS) is 13.0. The summed E-state index contributed by atoms with van der Waals surface area (Å²) in [5.41, 5.74) is 2.30. The summed E-state index contributed by atoms with van der Waals surface area (Å²) in [4.78, 5) is 4.25. The monoisotopic (exact) mass is 352 g/mol. The maximum atomic E-state index is 6.08. The average Bonchev–Trinajstić information content (AvgIpc) is 2.82. The van der Waals surface area contributed by atoms with Gasteiger partial charge < -0.3 is 15.2 Å². The highest BCUT2D eigenvalue weighted by molar-refractivity contribution is 6.41. The van der Waals surface area contributed by atoms with Crippen LogP contribution < -0.4 is 10.6 Å². The minimum absolute atomic E-state index is 0.397. The van der Waals surface area contributed by atoms with Crippen molar-refractivity contribution in [3.63, 3.8) is 0 Å². The molecule has 0 bridgehead atoms. The Morgan fingerprint density at radius 3 is 2.48 bits per heavy atom. The van der Waals surface area contributed by atoms with E-state index in [1.54, 1.807) is 7.05 Å². The fourth-order valence-electron chi connectivity index (χ4n) is 2.30.